The summed E-state index contributed by atoms with van der Waals surface area (Å²) in [6.45, 7) is 13.7. The van der Waals surface area contributed by atoms with Gasteiger partial charge in [0.15, 0.2) is 23.1 Å². The maximum Gasteiger partial charge on any atom is 0.167 e. The zero-order valence-corrected chi connectivity index (χ0v) is 20.4. The smallest absolute Gasteiger partial charge is 0.167 e. The molecule has 1 atom stereocenters. The highest BCUT2D eigenvalue weighted by Gasteiger charge is 2.14. The Kier molecular flexibility index (Phi) is 14.2. The summed E-state index contributed by atoms with van der Waals surface area (Å²) in [6, 6.07) is 9.24. The van der Waals surface area contributed by atoms with Crippen LogP contribution < -0.4 is 19.9 Å². The quantitative estimate of drug-likeness (QED) is 0.413. The predicted octanol–water partition coefficient (Wildman–Crippen LogP) is 6.60. The van der Waals surface area contributed by atoms with Crippen molar-refractivity contribution in [3.8, 4) is 23.0 Å². The molecule has 0 aliphatic rings. The minimum Gasteiger partial charge on any atom is -0.493 e. The van der Waals surface area contributed by atoms with Gasteiger partial charge >= 0.3 is 0 Å². The van der Waals surface area contributed by atoms with Crippen molar-refractivity contribution < 1.29 is 23.7 Å². The number of fused-ring (bicyclic) bond motifs is 1. The van der Waals surface area contributed by atoms with Crippen molar-refractivity contribution in [3.05, 3.63) is 48.4 Å². The number of aliphatic hydroxyl groups is 1. The van der Waals surface area contributed by atoms with Crippen molar-refractivity contribution in [2.45, 2.75) is 54.6 Å². The number of hydrogen-bond donors (Lipinski definition) is 2. The van der Waals surface area contributed by atoms with Crippen LogP contribution in [0.25, 0.3) is 10.9 Å². The van der Waals surface area contributed by atoms with Crippen molar-refractivity contribution in [2.75, 3.05) is 19.5 Å². The van der Waals surface area contributed by atoms with Gasteiger partial charge in [-0.15, -0.1) is 0 Å². The summed E-state index contributed by atoms with van der Waals surface area (Å²) in [5.74, 6) is 0.816. The summed E-state index contributed by atoms with van der Waals surface area (Å²) < 4.78 is 30.6. The zero-order chi connectivity index (χ0) is 24.7. The Morgan fingerprint density at radius 3 is 2.16 bits per heavy atom. The summed E-state index contributed by atoms with van der Waals surface area (Å²) in [5, 5.41) is 10.0. The largest absolute Gasteiger partial charge is 0.493 e. The zero-order valence-electron chi connectivity index (χ0n) is 20.4. The number of ether oxygens (including phenoxy) is 3. The summed E-state index contributed by atoms with van der Waals surface area (Å²) in [7, 11) is 1.51. The second kappa shape index (κ2) is 15.7. The molecule has 0 aliphatic carbocycles. The van der Waals surface area contributed by atoms with Gasteiger partial charge in [0.05, 0.1) is 18.7 Å². The van der Waals surface area contributed by atoms with Crippen LogP contribution in [0, 0.1) is 5.82 Å². The Morgan fingerprint density at radius 1 is 0.938 bits per heavy atom. The number of rotatable bonds is 6. The number of pyridine rings is 1. The predicted molar refractivity (Wildman–Crippen MR) is 130 cm³/mol. The van der Waals surface area contributed by atoms with Crippen LogP contribution in [0.2, 0.25) is 0 Å². The van der Waals surface area contributed by atoms with E-state index in [1.54, 1.807) is 37.4 Å². The Bertz CT molecular complexity index is 933. The van der Waals surface area contributed by atoms with Crippen LogP contribution in [0.5, 0.6) is 23.0 Å². The normalized spacial score (nSPS) is 10.3. The molecule has 2 aromatic carbocycles. The van der Waals surface area contributed by atoms with Gasteiger partial charge in [-0.25, -0.2) is 4.39 Å². The van der Waals surface area contributed by atoms with E-state index in [-0.39, 0.29) is 12.4 Å². The van der Waals surface area contributed by atoms with Gasteiger partial charge in [-0.05, 0) is 31.2 Å². The van der Waals surface area contributed by atoms with Gasteiger partial charge < -0.3 is 25.1 Å². The van der Waals surface area contributed by atoms with Crippen molar-refractivity contribution in [1.29, 1.82) is 0 Å². The van der Waals surface area contributed by atoms with E-state index >= 15 is 0 Å². The van der Waals surface area contributed by atoms with Gasteiger partial charge in [0.2, 0.25) is 0 Å². The minimum atomic E-state index is -0.619. The fourth-order valence-electron chi connectivity index (χ4n) is 2.42. The van der Waals surface area contributed by atoms with E-state index in [0.717, 1.165) is 0 Å². The molecule has 0 bridgehead atoms. The van der Waals surface area contributed by atoms with E-state index in [1.807, 2.05) is 41.5 Å². The van der Waals surface area contributed by atoms with E-state index in [1.165, 1.54) is 19.2 Å². The molecule has 3 rings (SSSR count). The fourth-order valence-corrected chi connectivity index (χ4v) is 2.42. The Labute approximate surface area is 191 Å². The van der Waals surface area contributed by atoms with Crippen molar-refractivity contribution in [2.24, 2.45) is 0 Å². The third kappa shape index (κ3) is 8.23. The van der Waals surface area contributed by atoms with Gasteiger partial charge in [0.1, 0.15) is 12.4 Å². The Hall–Kier alpha value is -3.06. The van der Waals surface area contributed by atoms with Gasteiger partial charge in [0.25, 0.3) is 0 Å². The van der Waals surface area contributed by atoms with E-state index in [2.05, 4.69) is 4.98 Å². The van der Waals surface area contributed by atoms with Crippen LogP contribution in [-0.4, -0.2) is 29.9 Å². The summed E-state index contributed by atoms with van der Waals surface area (Å²) in [6.07, 6.45) is 0.934. The van der Waals surface area contributed by atoms with E-state index in [0.29, 0.717) is 33.8 Å². The number of hydrogen-bond acceptors (Lipinski definition) is 6. The summed E-state index contributed by atoms with van der Waals surface area (Å²) in [4.78, 5) is 4.29. The first-order valence-electron chi connectivity index (χ1n) is 11.0. The van der Waals surface area contributed by atoms with Crippen LogP contribution in [0.4, 0.5) is 10.1 Å². The number of nitrogens with two attached hydrogens (primary N) is 1. The summed E-state index contributed by atoms with van der Waals surface area (Å²) >= 11 is 0. The highest BCUT2D eigenvalue weighted by molar-refractivity contribution is 5.88. The first-order valence-corrected chi connectivity index (χ1v) is 11.0. The number of nitrogen functional groups attached to an aromatic ring is 1. The Morgan fingerprint density at radius 2 is 1.59 bits per heavy atom. The summed E-state index contributed by atoms with van der Waals surface area (Å²) in [5.41, 5.74) is 6.46. The minimum absolute atomic E-state index is 0.0556. The van der Waals surface area contributed by atoms with Crippen LogP contribution >= 0.6 is 0 Å². The standard InChI is InChI=1S/C19H19FN2O4.3C2H6/c1-11(23)10-25-19-9-15-13(8-18(19)24-2)16(5-6-22-15)26-17-4-3-12(21)7-14(17)20;3*1-2/h3-9,11,23H,10,21H2,1-2H3;3*1-2H3. The van der Waals surface area contributed by atoms with Gasteiger partial charge in [-0.1, -0.05) is 41.5 Å². The second-order valence-corrected chi connectivity index (χ2v) is 5.78. The number of aromatic nitrogens is 1. The van der Waals surface area contributed by atoms with Crippen LogP contribution in [0.1, 0.15) is 48.5 Å². The lowest BCUT2D eigenvalue weighted by Gasteiger charge is -2.15. The molecule has 6 nitrogen and oxygen atoms in total. The molecular weight excluding hydrogens is 411 g/mol. The monoisotopic (exact) mass is 448 g/mol. The van der Waals surface area contributed by atoms with Gasteiger partial charge in [-0.2, -0.15) is 0 Å². The number of aliphatic hydroxyl groups excluding tert-OH is 1. The topological polar surface area (TPSA) is 86.8 Å². The number of benzene rings is 2. The molecule has 0 saturated heterocycles. The van der Waals surface area contributed by atoms with Gasteiger partial charge in [-0.3, -0.25) is 4.98 Å². The highest BCUT2D eigenvalue weighted by atomic mass is 19.1. The molecule has 0 amide bonds. The number of halogens is 1. The SMILES string of the molecule is CC.CC.CC.COc1cc2c(Oc3ccc(N)cc3F)ccnc2cc1OCC(C)O. The molecule has 0 spiro atoms. The first-order chi connectivity index (χ1) is 15.5. The third-order valence-corrected chi connectivity index (χ3v) is 3.64. The lowest BCUT2D eigenvalue weighted by molar-refractivity contribution is 0.121. The lowest BCUT2D eigenvalue weighted by atomic mass is 10.1. The van der Waals surface area contributed by atoms with Gasteiger partial charge in [0, 0.05) is 29.4 Å². The first kappa shape index (κ1) is 28.9. The number of nitrogens with zero attached hydrogens (tertiary/aromatic N) is 1. The van der Waals surface area contributed by atoms with Crippen molar-refractivity contribution >= 4 is 16.6 Å². The second-order valence-electron chi connectivity index (χ2n) is 5.78. The average molecular weight is 449 g/mol. The molecule has 0 aliphatic heterocycles. The maximum atomic E-state index is 14.0. The molecule has 1 unspecified atom stereocenters. The molecule has 3 N–H and O–H groups in total. The van der Waals surface area contributed by atoms with E-state index < -0.39 is 11.9 Å². The highest BCUT2D eigenvalue weighted by Crippen LogP contribution is 2.37. The molecule has 7 heteroatoms. The Balaban J connectivity index is 0.00000148. The van der Waals surface area contributed by atoms with Crippen molar-refractivity contribution in [1.82, 2.24) is 4.98 Å². The molecular formula is C25H37FN2O4. The molecule has 0 fully saturated rings. The van der Waals surface area contributed by atoms with E-state index in [9.17, 15) is 9.50 Å². The molecule has 1 aromatic heterocycles. The molecule has 0 radical (unpaired) electrons. The molecule has 0 saturated carbocycles. The van der Waals surface area contributed by atoms with Crippen LogP contribution in [0.3, 0.4) is 0 Å². The van der Waals surface area contributed by atoms with Crippen LogP contribution in [-0.2, 0) is 0 Å². The molecule has 3 aromatic rings. The van der Waals surface area contributed by atoms with Crippen LogP contribution in [0.15, 0.2) is 42.6 Å². The molecule has 32 heavy (non-hydrogen) atoms. The lowest BCUT2D eigenvalue weighted by Crippen LogP contribution is -2.13. The molecule has 1 heterocycles. The number of methoxy groups -OCH3 is 1. The van der Waals surface area contributed by atoms with Crippen molar-refractivity contribution in [3.63, 3.8) is 0 Å². The maximum absolute atomic E-state index is 14.0. The fraction of sp³-hybridized carbons (Fsp3) is 0.400. The number of anilines is 1. The molecule has 178 valence electrons. The van der Waals surface area contributed by atoms with E-state index in [4.69, 9.17) is 19.9 Å². The third-order valence-electron chi connectivity index (χ3n) is 3.64. The average Bonchev–Trinajstić information content (AvgIpc) is 2.83.